The van der Waals surface area contributed by atoms with Crippen LogP contribution in [0.1, 0.15) is 27.7 Å². The SMILES string of the molecule is CCOP(=O)(OCC)C(O)[C@H]1O[C@@H]2OC(C)(C)O[C@@H]2[C@H]1OC. The minimum atomic E-state index is -3.74. The molecule has 0 aliphatic carbocycles. The minimum absolute atomic E-state index is 0.144. The standard InChI is InChI=1S/C13H25O8P/c1-6-17-22(15,18-7-2)11(14)9-8(16-5)10-12(19-9)21-13(3,4)20-10/h8-12,14H,6-7H2,1-5H3/t8-,9-,10+,11?,12+/m0/s1. The first-order valence-corrected chi connectivity index (χ1v) is 9.00. The van der Waals surface area contributed by atoms with Crippen molar-refractivity contribution in [3.8, 4) is 0 Å². The van der Waals surface area contributed by atoms with E-state index in [2.05, 4.69) is 0 Å². The minimum Gasteiger partial charge on any atom is -0.378 e. The van der Waals surface area contributed by atoms with Crippen molar-refractivity contribution < 1.29 is 37.7 Å². The van der Waals surface area contributed by atoms with Crippen LogP contribution in [0.4, 0.5) is 0 Å². The van der Waals surface area contributed by atoms with E-state index in [1.807, 2.05) is 0 Å². The van der Waals surface area contributed by atoms with E-state index in [4.69, 9.17) is 28.0 Å². The molecule has 0 saturated carbocycles. The van der Waals surface area contributed by atoms with Crippen LogP contribution in [0.5, 0.6) is 0 Å². The first kappa shape index (κ1) is 18.3. The van der Waals surface area contributed by atoms with Gasteiger partial charge in [0.2, 0.25) is 0 Å². The highest BCUT2D eigenvalue weighted by Crippen LogP contribution is 2.56. The number of hydrogen-bond acceptors (Lipinski definition) is 8. The van der Waals surface area contributed by atoms with Crippen molar-refractivity contribution >= 4 is 7.60 Å². The molecule has 0 radical (unpaired) electrons. The predicted molar refractivity (Wildman–Crippen MR) is 76.4 cm³/mol. The molecule has 2 heterocycles. The van der Waals surface area contributed by atoms with Gasteiger partial charge in [-0.05, 0) is 27.7 Å². The summed E-state index contributed by atoms with van der Waals surface area (Å²) in [5.74, 6) is -2.29. The van der Waals surface area contributed by atoms with Crippen molar-refractivity contribution in [1.82, 2.24) is 0 Å². The van der Waals surface area contributed by atoms with Crippen LogP contribution in [0.2, 0.25) is 0 Å². The molecule has 2 aliphatic rings. The maximum atomic E-state index is 12.7. The molecule has 2 aliphatic heterocycles. The summed E-state index contributed by atoms with van der Waals surface area (Å²) in [6.07, 6.45) is -2.79. The molecule has 9 heteroatoms. The van der Waals surface area contributed by atoms with Crippen LogP contribution >= 0.6 is 7.60 Å². The van der Waals surface area contributed by atoms with E-state index in [9.17, 15) is 9.67 Å². The molecule has 1 N–H and O–H groups in total. The van der Waals surface area contributed by atoms with Crippen LogP contribution in [0.3, 0.4) is 0 Å². The lowest BCUT2D eigenvalue weighted by Crippen LogP contribution is -2.42. The van der Waals surface area contributed by atoms with E-state index in [0.717, 1.165) is 0 Å². The first-order valence-electron chi connectivity index (χ1n) is 7.38. The summed E-state index contributed by atoms with van der Waals surface area (Å²) in [5, 5.41) is 10.5. The maximum Gasteiger partial charge on any atom is 0.361 e. The quantitative estimate of drug-likeness (QED) is 0.697. The third-order valence-electron chi connectivity index (χ3n) is 3.54. The number of fused-ring (bicyclic) bond motifs is 1. The molecule has 2 rings (SSSR count). The molecule has 130 valence electrons. The number of aliphatic hydroxyl groups is 1. The third-order valence-corrected chi connectivity index (χ3v) is 5.71. The van der Waals surface area contributed by atoms with Gasteiger partial charge in [-0.1, -0.05) is 0 Å². The van der Waals surface area contributed by atoms with E-state index < -0.39 is 43.8 Å². The zero-order valence-electron chi connectivity index (χ0n) is 13.6. The van der Waals surface area contributed by atoms with Crippen LogP contribution in [0.15, 0.2) is 0 Å². The molecule has 2 fully saturated rings. The molecule has 0 amide bonds. The Hall–Kier alpha value is -0.0500. The van der Waals surface area contributed by atoms with Crippen molar-refractivity contribution in [1.29, 1.82) is 0 Å². The topological polar surface area (TPSA) is 92.7 Å². The van der Waals surface area contributed by atoms with Crippen molar-refractivity contribution in [3.05, 3.63) is 0 Å². The van der Waals surface area contributed by atoms with Gasteiger partial charge in [-0.15, -0.1) is 0 Å². The highest BCUT2D eigenvalue weighted by atomic mass is 31.2. The predicted octanol–water partition coefficient (Wildman–Crippen LogP) is 1.46. The zero-order chi connectivity index (χ0) is 16.5. The lowest BCUT2D eigenvalue weighted by Gasteiger charge is -2.30. The molecular formula is C13H25O8P. The van der Waals surface area contributed by atoms with Gasteiger partial charge < -0.3 is 33.1 Å². The van der Waals surface area contributed by atoms with Gasteiger partial charge in [0.1, 0.15) is 18.3 Å². The summed E-state index contributed by atoms with van der Waals surface area (Å²) in [5.41, 5.74) is 0. The Morgan fingerprint density at radius 2 is 1.82 bits per heavy atom. The van der Waals surface area contributed by atoms with Gasteiger partial charge in [0.25, 0.3) is 0 Å². The number of ether oxygens (including phenoxy) is 4. The maximum absolute atomic E-state index is 12.7. The van der Waals surface area contributed by atoms with Gasteiger partial charge in [0, 0.05) is 7.11 Å². The van der Waals surface area contributed by atoms with E-state index in [1.54, 1.807) is 27.7 Å². The van der Waals surface area contributed by atoms with E-state index in [0.29, 0.717) is 0 Å². The van der Waals surface area contributed by atoms with Crippen LogP contribution in [-0.2, 0) is 32.6 Å². The summed E-state index contributed by atoms with van der Waals surface area (Å²) in [6, 6.07) is 0. The Morgan fingerprint density at radius 1 is 1.23 bits per heavy atom. The lowest BCUT2D eigenvalue weighted by atomic mass is 10.1. The van der Waals surface area contributed by atoms with Gasteiger partial charge in [-0.3, -0.25) is 4.57 Å². The van der Waals surface area contributed by atoms with Crippen molar-refractivity contribution in [3.63, 3.8) is 0 Å². The van der Waals surface area contributed by atoms with Crippen LogP contribution in [-0.4, -0.2) is 61.7 Å². The monoisotopic (exact) mass is 340 g/mol. The molecule has 0 bridgehead atoms. The molecule has 0 spiro atoms. The second-order valence-corrected chi connectivity index (χ2v) is 7.68. The fourth-order valence-electron chi connectivity index (χ4n) is 2.74. The normalized spacial score (nSPS) is 35.5. The molecule has 2 saturated heterocycles. The molecule has 1 unspecified atom stereocenters. The van der Waals surface area contributed by atoms with Crippen molar-refractivity contribution in [2.24, 2.45) is 0 Å². The molecule has 5 atom stereocenters. The van der Waals surface area contributed by atoms with E-state index >= 15 is 0 Å². The van der Waals surface area contributed by atoms with Crippen molar-refractivity contribution in [2.75, 3.05) is 20.3 Å². The van der Waals surface area contributed by atoms with E-state index in [-0.39, 0.29) is 13.2 Å². The summed E-state index contributed by atoms with van der Waals surface area (Å²) < 4.78 is 45.4. The summed E-state index contributed by atoms with van der Waals surface area (Å²) in [7, 11) is -2.27. The first-order chi connectivity index (χ1) is 10.3. The van der Waals surface area contributed by atoms with Crippen LogP contribution in [0, 0.1) is 0 Å². The second-order valence-electron chi connectivity index (χ2n) is 5.56. The van der Waals surface area contributed by atoms with Gasteiger partial charge in [0.05, 0.1) is 13.2 Å². The average molecular weight is 340 g/mol. The lowest BCUT2D eigenvalue weighted by molar-refractivity contribution is -0.223. The number of aliphatic hydroxyl groups excluding tert-OH is 1. The Morgan fingerprint density at radius 3 is 2.32 bits per heavy atom. The number of rotatable bonds is 7. The summed E-state index contributed by atoms with van der Waals surface area (Å²) in [6.45, 7) is 7.16. The molecule has 8 nitrogen and oxygen atoms in total. The average Bonchev–Trinajstić information content (AvgIpc) is 2.89. The Labute approximate surface area is 130 Å². The molecule has 0 aromatic carbocycles. The number of hydrogen-bond donors (Lipinski definition) is 1. The van der Waals surface area contributed by atoms with Crippen molar-refractivity contribution in [2.45, 2.75) is 63.9 Å². The van der Waals surface area contributed by atoms with Crippen LogP contribution in [0.25, 0.3) is 0 Å². The van der Waals surface area contributed by atoms with Gasteiger partial charge in [-0.2, -0.15) is 0 Å². The Bertz CT molecular complexity index is 418. The summed E-state index contributed by atoms with van der Waals surface area (Å²) >= 11 is 0. The highest BCUT2D eigenvalue weighted by molar-refractivity contribution is 7.54. The second kappa shape index (κ2) is 6.83. The molecular weight excluding hydrogens is 315 g/mol. The molecule has 0 aromatic rings. The van der Waals surface area contributed by atoms with Gasteiger partial charge in [0.15, 0.2) is 17.9 Å². The number of methoxy groups -OCH3 is 1. The van der Waals surface area contributed by atoms with Gasteiger partial charge in [-0.25, -0.2) is 0 Å². The summed E-state index contributed by atoms with van der Waals surface area (Å²) in [4.78, 5) is 0. The van der Waals surface area contributed by atoms with Crippen LogP contribution < -0.4 is 0 Å². The van der Waals surface area contributed by atoms with E-state index in [1.165, 1.54) is 7.11 Å². The largest absolute Gasteiger partial charge is 0.378 e. The third kappa shape index (κ3) is 3.39. The molecule has 0 aromatic heterocycles. The van der Waals surface area contributed by atoms with Gasteiger partial charge >= 0.3 is 7.60 Å². The smallest absolute Gasteiger partial charge is 0.361 e. The Balaban J connectivity index is 2.17. The zero-order valence-corrected chi connectivity index (χ0v) is 14.4. The fraction of sp³-hybridized carbons (Fsp3) is 1.00. The highest BCUT2D eigenvalue weighted by Gasteiger charge is 2.59. The fourth-order valence-corrected chi connectivity index (χ4v) is 4.44. The molecule has 22 heavy (non-hydrogen) atoms. The Kier molecular flexibility index (Phi) is 5.68.